The van der Waals surface area contributed by atoms with Crippen molar-refractivity contribution in [1.82, 2.24) is 4.98 Å². The molecule has 2 N–H and O–H groups in total. The maximum atomic E-state index is 5.87. The first-order valence-corrected chi connectivity index (χ1v) is 4.47. The highest BCUT2D eigenvalue weighted by Crippen LogP contribution is 2.00. The second-order valence-corrected chi connectivity index (χ2v) is 3.07. The number of nitrogens with two attached hydrogens (primary N) is 1. The van der Waals surface area contributed by atoms with Gasteiger partial charge in [0.2, 0.25) is 0 Å². The topological polar surface area (TPSA) is 48.1 Å². The van der Waals surface area contributed by atoms with Crippen LogP contribution in [0, 0.1) is 0 Å². The fraction of sp³-hybridized carbons (Fsp3) is 0.500. The maximum Gasteiger partial charge on any atom is 0.0477 e. The summed E-state index contributed by atoms with van der Waals surface area (Å²) in [5.41, 5.74) is 6.92. The molecule has 0 amide bonds. The van der Waals surface area contributed by atoms with Crippen molar-refractivity contribution in [2.45, 2.75) is 18.9 Å². The summed E-state index contributed by atoms with van der Waals surface area (Å²) in [6, 6.07) is 6.03. The van der Waals surface area contributed by atoms with Gasteiger partial charge >= 0.3 is 0 Å². The van der Waals surface area contributed by atoms with Crippen LogP contribution < -0.4 is 5.73 Å². The van der Waals surface area contributed by atoms with Gasteiger partial charge in [0.1, 0.15) is 0 Å². The fourth-order valence-corrected chi connectivity index (χ4v) is 1.16. The number of pyridine rings is 1. The Balaban J connectivity index is 0.00000169. The van der Waals surface area contributed by atoms with Crippen LogP contribution in [0.5, 0.6) is 0 Å². The molecule has 1 aromatic heterocycles. The molecule has 80 valence electrons. The average molecular weight is 217 g/mol. The summed E-state index contributed by atoms with van der Waals surface area (Å²) in [7, 11) is 1.69. The van der Waals surface area contributed by atoms with Crippen molar-refractivity contribution in [2.75, 3.05) is 13.7 Å². The van der Waals surface area contributed by atoms with Gasteiger partial charge < -0.3 is 10.5 Å². The van der Waals surface area contributed by atoms with Gasteiger partial charge in [-0.05, 0) is 18.6 Å². The lowest BCUT2D eigenvalue weighted by Crippen LogP contribution is -2.24. The standard InChI is InChI=1S/C10H16N2O.ClH/c1-13-7-5-9(11)8-10-4-2-3-6-12-10;/h2-4,6,9H,5,7-8,11H2,1H3;1H. The van der Waals surface area contributed by atoms with Crippen LogP contribution in [-0.4, -0.2) is 24.7 Å². The van der Waals surface area contributed by atoms with Crippen LogP contribution in [0.1, 0.15) is 12.1 Å². The molecular weight excluding hydrogens is 200 g/mol. The first-order chi connectivity index (χ1) is 6.33. The molecule has 0 aliphatic carbocycles. The lowest BCUT2D eigenvalue weighted by Gasteiger charge is -2.09. The SMILES string of the molecule is COCCC(N)Cc1ccccn1.Cl. The van der Waals surface area contributed by atoms with Crippen LogP contribution in [0.25, 0.3) is 0 Å². The highest BCUT2D eigenvalue weighted by atomic mass is 35.5. The molecule has 0 bridgehead atoms. The van der Waals surface area contributed by atoms with E-state index in [4.69, 9.17) is 10.5 Å². The smallest absolute Gasteiger partial charge is 0.0477 e. The minimum Gasteiger partial charge on any atom is -0.385 e. The number of aromatic nitrogens is 1. The molecule has 4 heteroatoms. The largest absolute Gasteiger partial charge is 0.385 e. The van der Waals surface area contributed by atoms with E-state index in [1.54, 1.807) is 13.3 Å². The summed E-state index contributed by atoms with van der Waals surface area (Å²) >= 11 is 0. The van der Waals surface area contributed by atoms with Crippen molar-refractivity contribution in [3.05, 3.63) is 30.1 Å². The molecule has 0 saturated carbocycles. The molecule has 3 nitrogen and oxygen atoms in total. The maximum absolute atomic E-state index is 5.87. The second kappa shape index (κ2) is 7.74. The molecule has 0 spiro atoms. The predicted octanol–water partition coefficient (Wildman–Crippen LogP) is 1.41. The third kappa shape index (κ3) is 5.17. The highest BCUT2D eigenvalue weighted by molar-refractivity contribution is 5.85. The second-order valence-electron chi connectivity index (χ2n) is 3.07. The van der Waals surface area contributed by atoms with Crippen molar-refractivity contribution in [2.24, 2.45) is 5.73 Å². The summed E-state index contributed by atoms with van der Waals surface area (Å²) in [5.74, 6) is 0. The van der Waals surface area contributed by atoms with Crippen LogP contribution in [0.4, 0.5) is 0 Å². The summed E-state index contributed by atoms with van der Waals surface area (Å²) < 4.78 is 4.95. The number of rotatable bonds is 5. The van der Waals surface area contributed by atoms with Gasteiger partial charge in [-0.3, -0.25) is 4.98 Å². The van der Waals surface area contributed by atoms with E-state index < -0.39 is 0 Å². The van der Waals surface area contributed by atoms with Crippen LogP contribution in [0.3, 0.4) is 0 Å². The van der Waals surface area contributed by atoms with Gasteiger partial charge in [0.05, 0.1) is 0 Å². The Bertz CT molecular complexity index is 231. The Labute approximate surface area is 91.1 Å². The molecule has 1 aromatic rings. The molecule has 14 heavy (non-hydrogen) atoms. The molecule has 0 aliphatic heterocycles. The van der Waals surface area contributed by atoms with E-state index in [9.17, 15) is 0 Å². The Morgan fingerprint density at radius 3 is 2.86 bits per heavy atom. The normalized spacial score (nSPS) is 11.9. The zero-order valence-electron chi connectivity index (χ0n) is 8.35. The van der Waals surface area contributed by atoms with Crippen molar-refractivity contribution >= 4 is 12.4 Å². The number of halogens is 1. The van der Waals surface area contributed by atoms with E-state index in [1.165, 1.54) is 0 Å². The molecule has 0 aliphatic rings. The van der Waals surface area contributed by atoms with E-state index in [0.29, 0.717) is 6.61 Å². The zero-order valence-corrected chi connectivity index (χ0v) is 9.17. The molecular formula is C10H17ClN2O. The van der Waals surface area contributed by atoms with E-state index in [2.05, 4.69) is 4.98 Å². The first-order valence-electron chi connectivity index (χ1n) is 4.47. The fourth-order valence-electron chi connectivity index (χ4n) is 1.16. The molecule has 1 atom stereocenters. The Hall–Kier alpha value is -0.640. The van der Waals surface area contributed by atoms with Gasteiger partial charge in [0.15, 0.2) is 0 Å². The quantitative estimate of drug-likeness (QED) is 0.810. The Kier molecular flexibility index (Phi) is 7.38. The highest BCUT2D eigenvalue weighted by Gasteiger charge is 2.03. The van der Waals surface area contributed by atoms with E-state index in [1.807, 2.05) is 18.2 Å². The molecule has 1 heterocycles. The van der Waals surface area contributed by atoms with Crippen molar-refractivity contribution in [3.63, 3.8) is 0 Å². The molecule has 0 saturated heterocycles. The third-order valence-corrected chi connectivity index (χ3v) is 1.89. The minimum absolute atomic E-state index is 0. The molecule has 0 fully saturated rings. The Morgan fingerprint density at radius 1 is 1.50 bits per heavy atom. The van der Waals surface area contributed by atoms with Crippen LogP contribution in [-0.2, 0) is 11.2 Å². The molecule has 1 rings (SSSR count). The van der Waals surface area contributed by atoms with E-state index in [-0.39, 0.29) is 18.4 Å². The van der Waals surface area contributed by atoms with Gasteiger partial charge in [-0.2, -0.15) is 0 Å². The van der Waals surface area contributed by atoms with Crippen LogP contribution >= 0.6 is 12.4 Å². The van der Waals surface area contributed by atoms with Crippen molar-refractivity contribution < 1.29 is 4.74 Å². The van der Waals surface area contributed by atoms with Crippen LogP contribution in [0.2, 0.25) is 0 Å². The summed E-state index contributed by atoms with van der Waals surface area (Å²) in [6.07, 6.45) is 3.50. The number of hydrogen-bond donors (Lipinski definition) is 1. The lowest BCUT2D eigenvalue weighted by molar-refractivity contribution is 0.187. The van der Waals surface area contributed by atoms with Gasteiger partial charge in [0.25, 0.3) is 0 Å². The monoisotopic (exact) mass is 216 g/mol. The number of nitrogens with zero attached hydrogens (tertiary/aromatic N) is 1. The average Bonchev–Trinajstić information content (AvgIpc) is 2.16. The predicted molar refractivity (Wildman–Crippen MR) is 59.7 cm³/mol. The van der Waals surface area contributed by atoms with Crippen molar-refractivity contribution in [3.8, 4) is 0 Å². The Morgan fingerprint density at radius 2 is 2.29 bits per heavy atom. The molecule has 1 unspecified atom stereocenters. The molecule has 0 aromatic carbocycles. The minimum atomic E-state index is 0. The lowest BCUT2D eigenvalue weighted by atomic mass is 10.1. The first kappa shape index (κ1) is 13.4. The van der Waals surface area contributed by atoms with E-state index in [0.717, 1.165) is 18.5 Å². The van der Waals surface area contributed by atoms with Gasteiger partial charge in [-0.15, -0.1) is 12.4 Å². The van der Waals surface area contributed by atoms with Crippen LogP contribution in [0.15, 0.2) is 24.4 Å². The zero-order chi connectivity index (χ0) is 9.52. The van der Waals surface area contributed by atoms with E-state index >= 15 is 0 Å². The summed E-state index contributed by atoms with van der Waals surface area (Å²) in [4.78, 5) is 4.21. The number of hydrogen-bond acceptors (Lipinski definition) is 3. The number of methoxy groups -OCH3 is 1. The summed E-state index contributed by atoms with van der Waals surface area (Å²) in [6.45, 7) is 0.716. The number of ether oxygens (including phenoxy) is 1. The van der Waals surface area contributed by atoms with Crippen molar-refractivity contribution in [1.29, 1.82) is 0 Å². The van der Waals surface area contributed by atoms with Gasteiger partial charge in [-0.25, -0.2) is 0 Å². The summed E-state index contributed by atoms with van der Waals surface area (Å²) in [5, 5.41) is 0. The van der Waals surface area contributed by atoms with Gasteiger partial charge in [0, 0.05) is 38.1 Å². The van der Waals surface area contributed by atoms with Gasteiger partial charge in [-0.1, -0.05) is 6.07 Å². The third-order valence-electron chi connectivity index (χ3n) is 1.89. The molecule has 0 radical (unpaired) electrons.